The van der Waals surface area contributed by atoms with Crippen molar-refractivity contribution in [2.75, 3.05) is 18.9 Å². The first-order valence-electron chi connectivity index (χ1n) is 7.18. The Hall–Kier alpha value is -1.55. The van der Waals surface area contributed by atoms with Crippen LogP contribution in [0.3, 0.4) is 0 Å². The SMILES string of the molecule is Nc1ccc2c(c1)nc(C1CC1)n2C1CCCOC1. The highest BCUT2D eigenvalue weighted by Crippen LogP contribution is 2.42. The first-order valence-corrected chi connectivity index (χ1v) is 7.18. The number of aromatic nitrogens is 2. The van der Waals surface area contributed by atoms with Crippen molar-refractivity contribution in [1.82, 2.24) is 9.55 Å². The van der Waals surface area contributed by atoms with E-state index in [4.69, 9.17) is 15.5 Å². The van der Waals surface area contributed by atoms with Gasteiger partial charge in [0.05, 0.1) is 23.7 Å². The van der Waals surface area contributed by atoms with Crippen LogP contribution < -0.4 is 5.73 Å². The third-order valence-electron chi connectivity index (χ3n) is 4.18. The van der Waals surface area contributed by atoms with Gasteiger partial charge in [-0.2, -0.15) is 0 Å². The molecule has 100 valence electrons. The Bertz CT molecular complexity index is 609. The van der Waals surface area contributed by atoms with Gasteiger partial charge in [-0.15, -0.1) is 0 Å². The van der Waals surface area contributed by atoms with Gasteiger partial charge in [0.15, 0.2) is 0 Å². The summed E-state index contributed by atoms with van der Waals surface area (Å²) in [5.41, 5.74) is 8.92. The summed E-state index contributed by atoms with van der Waals surface area (Å²) in [6, 6.07) is 6.51. The van der Waals surface area contributed by atoms with Crippen LogP contribution in [-0.2, 0) is 4.74 Å². The van der Waals surface area contributed by atoms with E-state index < -0.39 is 0 Å². The molecule has 1 aromatic heterocycles. The van der Waals surface area contributed by atoms with Crippen LogP contribution in [0.2, 0.25) is 0 Å². The van der Waals surface area contributed by atoms with Gasteiger partial charge in [-0.25, -0.2) is 4.98 Å². The van der Waals surface area contributed by atoms with Gasteiger partial charge in [-0.05, 0) is 43.9 Å². The van der Waals surface area contributed by atoms with Gasteiger partial charge in [0.25, 0.3) is 0 Å². The summed E-state index contributed by atoms with van der Waals surface area (Å²) >= 11 is 0. The lowest BCUT2D eigenvalue weighted by molar-refractivity contribution is 0.0595. The molecule has 0 bridgehead atoms. The Kier molecular flexibility index (Phi) is 2.52. The highest BCUT2D eigenvalue weighted by molar-refractivity contribution is 5.80. The molecule has 2 aromatic rings. The molecule has 2 heterocycles. The van der Waals surface area contributed by atoms with Crippen LogP contribution in [0.5, 0.6) is 0 Å². The molecular weight excluding hydrogens is 238 g/mol. The van der Waals surface area contributed by atoms with Gasteiger partial charge in [-0.1, -0.05) is 0 Å². The van der Waals surface area contributed by atoms with E-state index in [1.807, 2.05) is 12.1 Å². The zero-order valence-electron chi connectivity index (χ0n) is 11.0. The molecule has 1 saturated heterocycles. The van der Waals surface area contributed by atoms with Crippen LogP contribution >= 0.6 is 0 Å². The van der Waals surface area contributed by atoms with Crippen molar-refractivity contribution in [1.29, 1.82) is 0 Å². The van der Waals surface area contributed by atoms with Crippen molar-refractivity contribution < 1.29 is 4.74 Å². The summed E-state index contributed by atoms with van der Waals surface area (Å²) in [5, 5.41) is 0. The fourth-order valence-electron chi connectivity index (χ4n) is 3.08. The third-order valence-corrected chi connectivity index (χ3v) is 4.18. The molecule has 2 N–H and O–H groups in total. The maximum Gasteiger partial charge on any atom is 0.113 e. The molecule has 4 nitrogen and oxygen atoms in total. The average molecular weight is 257 g/mol. The van der Waals surface area contributed by atoms with E-state index in [0.29, 0.717) is 12.0 Å². The molecule has 2 fully saturated rings. The predicted molar refractivity (Wildman–Crippen MR) is 75.2 cm³/mol. The second-order valence-electron chi connectivity index (χ2n) is 5.73. The van der Waals surface area contributed by atoms with Crippen molar-refractivity contribution in [2.24, 2.45) is 0 Å². The Morgan fingerprint density at radius 2 is 2.16 bits per heavy atom. The second kappa shape index (κ2) is 4.23. The van der Waals surface area contributed by atoms with Crippen LogP contribution in [0.1, 0.15) is 43.5 Å². The number of benzene rings is 1. The molecule has 4 heteroatoms. The van der Waals surface area contributed by atoms with Gasteiger partial charge in [0, 0.05) is 18.2 Å². The van der Waals surface area contributed by atoms with Crippen molar-refractivity contribution in [3.05, 3.63) is 24.0 Å². The first kappa shape index (κ1) is 11.3. The van der Waals surface area contributed by atoms with E-state index >= 15 is 0 Å². The molecule has 1 aliphatic carbocycles. The van der Waals surface area contributed by atoms with Gasteiger partial charge < -0.3 is 15.0 Å². The third kappa shape index (κ3) is 1.91. The Morgan fingerprint density at radius 1 is 1.26 bits per heavy atom. The number of nitrogens with two attached hydrogens (primary N) is 1. The molecule has 0 radical (unpaired) electrons. The maximum absolute atomic E-state index is 5.88. The fourth-order valence-corrected chi connectivity index (χ4v) is 3.08. The number of fused-ring (bicyclic) bond motifs is 1. The van der Waals surface area contributed by atoms with E-state index in [-0.39, 0.29) is 0 Å². The van der Waals surface area contributed by atoms with Crippen molar-refractivity contribution in [3.63, 3.8) is 0 Å². The highest BCUT2D eigenvalue weighted by atomic mass is 16.5. The number of rotatable bonds is 2. The van der Waals surface area contributed by atoms with Crippen LogP contribution in [0.4, 0.5) is 5.69 Å². The normalized spacial score (nSPS) is 23.9. The number of nitrogen functional groups attached to an aromatic ring is 1. The topological polar surface area (TPSA) is 53.1 Å². The fraction of sp³-hybridized carbons (Fsp3) is 0.533. The zero-order chi connectivity index (χ0) is 12.8. The summed E-state index contributed by atoms with van der Waals surface area (Å²) in [4.78, 5) is 4.84. The monoisotopic (exact) mass is 257 g/mol. The zero-order valence-corrected chi connectivity index (χ0v) is 11.0. The van der Waals surface area contributed by atoms with Crippen molar-refractivity contribution in [2.45, 2.75) is 37.6 Å². The number of imidazole rings is 1. The van der Waals surface area contributed by atoms with Crippen molar-refractivity contribution in [3.8, 4) is 0 Å². The molecule has 4 rings (SSSR count). The lowest BCUT2D eigenvalue weighted by Crippen LogP contribution is -2.22. The lowest BCUT2D eigenvalue weighted by atomic mass is 10.1. The Labute approximate surface area is 112 Å². The summed E-state index contributed by atoms with van der Waals surface area (Å²) < 4.78 is 8.08. The molecule has 0 amide bonds. The average Bonchev–Trinajstić information content (AvgIpc) is 3.21. The molecular formula is C15H19N3O. The van der Waals surface area contributed by atoms with Crippen LogP contribution in [0.25, 0.3) is 11.0 Å². The minimum Gasteiger partial charge on any atom is -0.399 e. The molecule has 2 aliphatic rings. The second-order valence-corrected chi connectivity index (χ2v) is 5.73. The number of hydrogen-bond donors (Lipinski definition) is 1. The molecule has 1 unspecified atom stereocenters. The highest BCUT2D eigenvalue weighted by Gasteiger charge is 2.32. The van der Waals surface area contributed by atoms with E-state index in [1.54, 1.807) is 0 Å². The molecule has 0 spiro atoms. The summed E-state index contributed by atoms with van der Waals surface area (Å²) in [5.74, 6) is 1.90. The smallest absolute Gasteiger partial charge is 0.113 e. The quantitative estimate of drug-likeness (QED) is 0.842. The van der Waals surface area contributed by atoms with Crippen LogP contribution in [0, 0.1) is 0 Å². The van der Waals surface area contributed by atoms with Crippen molar-refractivity contribution >= 4 is 16.7 Å². The number of anilines is 1. The number of ether oxygens (including phenoxy) is 1. The molecule has 1 atom stereocenters. The lowest BCUT2D eigenvalue weighted by Gasteiger charge is -2.25. The van der Waals surface area contributed by atoms with Gasteiger partial charge in [0.2, 0.25) is 0 Å². The summed E-state index contributed by atoms with van der Waals surface area (Å²) in [7, 11) is 0. The molecule has 1 saturated carbocycles. The van der Waals surface area contributed by atoms with Gasteiger partial charge >= 0.3 is 0 Å². The number of nitrogens with zero attached hydrogens (tertiary/aromatic N) is 2. The standard InChI is InChI=1S/C15H19N3O/c16-11-5-6-14-13(8-11)17-15(10-3-4-10)18(14)12-2-1-7-19-9-12/h5-6,8,10,12H,1-4,7,9,16H2. The minimum absolute atomic E-state index is 0.443. The first-order chi connectivity index (χ1) is 9.33. The molecule has 19 heavy (non-hydrogen) atoms. The Balaban J connectivity index is 1.87. The maximum atomic E-state index is 5.88. The molecule has 1 aliphatic heterocycles. The summed E-state index contributed by atoms with van der Waals surface area (Å²) in [6.07, 6.45) is 4.87. The van der Waals surface area contributed by atoms with E-state index in [1.165, 1.54) is 30.6 Å². The Morgan fingerprint density at radius 3 is 2.89 bits per heavy atom. The van der Waals surface area contributed by atoms with Gasteiger partial charge in [-0.3, -0.25) is 0 Å². The van der Waals surface area contributed by atoms with E-state index in [9.17, 15) is 0 Å². The van der Waals surface area contributed by atoms with E-state index in [2.05, 4.69) is 10.6 Å². The van der Waals surface area contributed by atoms with E-state index in [0.717, 1.165) is 30.8 Å². The van der Waals surface area contributed by atoms with Crippen LogP contribution in [0.15, 0.2) is 18.2 Å². The van der Waals surface area contributed by atoms with Crippen LogP contribution in [-0.4, -0.2) is 22.8 Å². The summed E-state index contributed by atoms with van der Waals surface area (Å²) in [6.45, 7) is 1.71. The largest absolute Gasteiger partial charge is 0.399 e. The number of hydrogen-bond acceptors (Lipinski definition) is 3. The van der Waals surface area contributed by atoms with Gasteiger partial charge in [0.1, 0.15) is 5.82 Å². The predicted octanol–water partition coefficient (Wildman–Crippen LogP) is 2.85. The minimum atomic E-state index is 0.443. The molecule has 1 aromatic carbocycles.